The summed E-state index contributed by atoms with van der Waals surface area (Å²) in [7, 11) is 0. The number of benzene rings is 3. The van der Waals surface area contributed by atoms with Gasteiger partial charge in [0.2, 0.25) is 5.90 Å². The molecule has 0 aliphatic rings. The summed E-state index contributed by atoms with van der Waals surface area (Å²) < 4.78 is 11.9. The molecule has 3 nitrogen and oxygen atoms in total. The molecular formula is C24H23NO2. The van der Waals surface area contributed by atoms with Crippen molar-refractivity contribution in [3.05, 3.63) is 102 Å². The van der Waals surface area contributed by atoms with Gasteiger partial charge in [0.1, 0.15) is 11.5 Å². The molecule has 0 heterocycles. The van der Waals surface area contributed by atoms with E-state index in [2.05, 4.69) is 18.0 Å². The van der Waals surface area contributed by atoms with Gasteiger partial charge < -0.3 is 9.47 Å². The van der Waals surface area contributed by atoms with Gasteiger partial charge in [-0.2, -0.15) is 0 Å². The summed E-state index contributed by atoms with van der Waals surface area (Å²) in [6, 6.07) is 27.4. The van der Waals surface area contributed by atoms with Gasteiger partial charge in [-0.15, -0.1) is 0 Å². The van der Waals surface area contributed by atoms with Crippen LogP contribution in [-0.2, 0) is 6.42 Å². The Morgan fingerprint density at radius 3 is 2.22 bits per heavy atom. The molecule has 0 atom stereocenters. The Morgan fingerprint density at radius 1 is 0.852 bits per heavy atom. The topological polar surface area (TPSA) is 30.8 Å². The monoisotopic (exact) mass is 357 g/mol. The highest BCUT2D eigenvalue weighted by Crippen LogP contribution is 2.19. The van der Waals surface area contributed by atoms with Crippen molar-refractivity contribution in [3.63, 3.8) is 0 Å². The molecular weight excluding hydrogens is 334 g/mol. The number of hydrogen-bond acceptors (Lipinski definition) is 3. The molecule has 136 valence electrons. The molecule has 0 radical (unpaired) electrons. The maximum absolute atomic E-state index is 6.02. The van der Waals surface area contributed by atoms with Crippen LogP contribution in [-0.4, -0.2) is 5.90 Å². The first-order valence-electron chi connectivity index (χ1n) is 9.04. The van der Waals surface area contributed by atoms with E-state index >= 15 is 0 Å². The van der Waals surface area contributed by atoms with Crippen LogP contribution < -0.4 is 9.47 Å². The summed E-state index contributed by atoms with van der Waals surface area (Å²) in [6.45, 7) is 4.05. The average Bonchev–Trinajstić information content (AvgIpc) is 2.73. The Kier molecular flexibility index (Phi) is 6.42. The highest BCUT2D eigenvalue weighted by Gasteiger charge is 2.07. The largest absolute Gasteiger partial charge is 0.465 e. The molecule has 3 aromatic carbocycles. The molecule has 3 heteroatoms. The zero-order valence-electron chi connectivity index (χ0n) is 15.6. The van der Waals surface area contributed by atoms with Crippen molar-refractivity contribution in [3.8, 4) is 11.5 Å². The molecule has 0 spiro atoms. The summed E-state index contributed by atoms with van der Waals surface area (Å²) in [5.74, 6) is 2.03. The minimum atomic E-state index is 0.499. The van der Waals surface area contributed by atoms with Crippen LogP contribution in [0.1, 0.15) is 19.4 Å². The molecule has 3 rings (SSSR count). The summed E-state index contributed by atoms with van der Waals surface area (Å²) in [5.41, 5.74) is 2.85. The maximum Gasteiger partial charge on any atom is 0.225 e. The third kappa shape index (κ3) is 5.58. The quantitative estimate of drug-likeness (QED) is 0.293. The maximum atomic E-state index is 6.02. The highest BCUT2D eigenvalue weighted by molar-refractivity contribution is 5.96. The van der Waals surface area contributed by atoms with Gasteiger partial charge in [0.15, 0.2) is 0 Å². The Bertz CT molecular complexity index is 915. The fourth-order valence-electron chi connectivity index (χ4n) is 2.46. The molecule has 0 unspecified atom stereocenters. The minimum Gasteiger partial charge on any atom is -0.465 e. The van der Waals surface area contributed by atoms with E-state index in [1.165, 1.54) is 5.56 Å². The summed E-state index contributed by atoms with van der Waals surface area (Å²) in [5, 5.41) is 0. The number of rotatable bonds is 6. The van der Waals surface area contributed by atoms with Gasteiger partial charge in [-0.05, 0) is 55.3 Å². The molecule has 0 saturated heterocycles. The van der Waals surface area contributed by atoms with Crippen LogP contribution in [0.4, 0.5) is 5.69 Å². The molecule has 27 heavy (non-hydrogen) atoms. The molecule has 0 fully saturated rings. The zero-order chi connectivity index (χ0) is 18.9. The highest BCUT2D eigenvalue weighted by atomic mass is 16.5. The predicted octanol–water partition coefficient (Wildman–Crippen LogP) is 6.34. The minimum absolute atomic E-state index is 0.499. The van der Waals surface area contributed by atoms with E-state index in [0.29, 0.717) is 5.90 Å². The lowest BCUT2D eigenvalue weighted by Crippen LogP contribution is -2.10. The average molecular weight is 357 g/mol. The lowest BCUT2D eigenvalue weighted by atomic mass is 10.2. The van der Waals surface area contributed by atoms with Gasteiger partial charge in [-0.3, -0.25) is 0 Å². The second kappa shape index (κ2) is 9.39. The number of ether oxygens (including phenoxy) is 2. The lowest BCUT2D eigenvalue weighted by molar-refractivity contribution is 0.473. The van der Waals surface area contributed by atoms with E-state index < -0.39 is 0 Å². The van der Waals surface area contributed by atoms with Crippen molar-refractivity contribution in [2.75, 3.05) is 0 Å². The Labute approximate surface area is 160 Å². The predicted molar refractivity (Wildman–Crippen MR) is 111 cm³/mol. The van der Waals surface area contributed by atoms with Crippen LogP contribution in [0.25, 0.3) is 0 Å². The first-order valence-corrected chi connectivity index (χ1v) is 9.04. The molecule has 0 saturated carbocycles. The first kappa shape index (κ1) is 18.5. The van der Waals surface area contributed by atoms with Crippen LogP contribution in [0, 0.1) is 0 Å². The Hall–Kier alpha value is -3.33. The second-order valence-electron chi connectivity index (χ2n) is 6.09. The SMILES string of the molecule is CCc1cccc(O/C=C(\C)C(=Nc2ccccc2)Oc2ccccc2)c1. The van der Waals surface area contributed by atoms with Crippen LogP contribution in [0.15, 0.2) is 102 Å². The van der Waals surface area contributed by atoms with Crippen LogP contribution in [0.3, 0.4) is 0 Å². The lowest BCUT2D eigenvalue weighted by Gasteiger charge is -2.10. The number of aryl methyl sites for hydroxylation is 1. The van der Waals surface area contributed by atoms with Crippen molar-refractivity contribution < 1.29 is 9.47 Å². The molecule has 0 aliphatic carbocycles. The van der Waals surface area contributed by atoms with Crippen LogP contribution in [0.2, 0.25) is 0 Å². The Morgan fingerprint density at radius 2 is 1.52 bits per heavy atom. The molecule has 0 amide bonds. The fourth-order valence-corrected chi connectivity index (χ4v) is 2.46. The van der Waals surface area contributed by atoms with Crippen molar-refractivity contribution >= 4 is 11.6 Å². The fraction of sp³-hybridized carbons (Fsp3) is 0.125. The second-order valence-corrected chi connectivity index (χ2v) is 6.09. The summed E-state index contributed by atoms with van der Waals surface area (Å²) in [4.78, 5) is 4.65. The van der Waals surface area contributed by atoms with Gasteiger partial charge >= 0.3 is 0 Å². The molecule has 0 bridgehead atoms. The smallest absolute Gasteiger partial charge is 0.225 e. The number of nitrogens with zero attached hydrogens (tertiary/aromatic N) is 1. The zero-order valence-corrected chi connectivity index (χ0v) is 15.6. The number of para-hydroxylation sites is 2. The van der Waals surface area contributed by atoms with Crippen molar-refractivity contribution in [2.45, 2.75) is 20.3 Å². The van der Waals surface area contributed by atoms with E-state index in [0.717, 1.165) is 29.2 Å². The van der Waals surface area contributed by atoms with Gasteiger partial charge in [-0.1, -0.05) is 55.5 Å². The van der Waals surface area contributed by atoms with Gasteiger partial charge in [-0.25, -0.2) is 4.99 Å². The van der Waals surface area contributed by atoms with Crippen molar-refractivity contribution in [2.24, 2.45) is 4.99 Å². The first-order chi connectivity index (χ1) is 13.2. The summed E-state index contributed by atoms with van der Waals surface area (Å²) in [6.07, 6.45) is 2.65. The van der Waals surface area contributed by atoms with Crippen LogP contribution in [0.5, 0.6) is 11.5 Å². The van der Waals surface area contributed by atoms with Crippen molar-refractivity contribution in [1.82, 2.24) is 0 Å². The van der Waals surface area contributed by atoms with Gasteiger partial charge in [0.05, 0.1) is 11.9 Å². The molecule has 3 aromatic rings. The van der Waals surface area contributed by atoms with Crippen molar-refractivity contribution in [1.29, 1.82) is 0 Å². The van der Waals surface area contributed by atoms with E-state index in [9.17, 15) is 0 Å². The van der Waals surface area contributed by atoms with E-state index in [1.54, 1.807) is 6.26 Å². The molecule has 0 aliphatic heterocycles. The number of hydrogen-bond donors (Lipinski definition) is 0. The van der Waals surface area contributed by atoms with E-state index in [1.807, 2.05) is 85.8 Å². The normalized spacial score (nSPS) is 11.9. The van der Waals surface area contributed by atoms with Gasteiger partial charge in [0.25, 0.3) is 0 Å². The molecule has 0 N–H and O–H groups in total. The third-order valence-corrected chi connectivity index (χ3v) is 3.96. The van der Waals surface area contributed by atoms with Crippen LogP contribution >= 0.6 is 0 Å². The van der Waals surface area contributed by atoms with E-state index in [4.69, 9.17) is 9.47 Å². The van der Waals surface area contributed by atoms with Gasteiger partial charge in [0, 0.05) is 5.57 Å². The Balaban J connectivity index is 1.85. The molecule has 0 aromatic heterocycles. The third-order valence-electron chi connectivity index (χ3n) is 3.96. The van der Waals surface area contributed by atoms with E-state index in [-0.39, 0.29) is 0 Å². The summed E-state index contributed by atoms with van der Waals surface area (Å²) >= 11 is 0. The standard InChI is InChI=1S/C24H23NO2/c1-3-20-11-10-16-23(17-20)26-18-19(2)24(25-21-12-6-4-7-13-21)27-22-14-8-5-9-15-22/h4-18H,3H2,1-2H3/b19-18+,25-24?. The number of aliphatic imine (C=N–C) groups is 1.